The van der Waals surface area contributed by atoms with Crippen molar-refractivity contribution in [3.63, 3.8) is 0 Å². The maximum atomic E-state index is 12.7. The molecular weight excluding hydrogens is 423 g/mol. The molecule has 3 aromatic rings. The van der Waals surface area contributed by atoms with Gasteiger partial charge in [0.15, 0.2) is 17.5 Å². The van der Waals surface area contributed by atoms with Crippen LogP contribution in [0.5, 0.6) is 0 Å². The average Bonchev–Trinajstić information content (AvgIpc) is 3.19. The van der Waals surface area contributed by atoms with Crippen molar-refractivity contribution in [1.29, 1.82) is 0 Å². The van der Waals surface area contributed by atoms with Crippen LogP contribution in [0.15, 0.2) is 34.9 Å². The molecule has 32 heavy (non-hydrogen) atoms. The lowest BCUT2D eigenvalue weighted by molar-refractivity contribution is -0.133. The van der Waals surface area contributed by atoms with Gasteiger partial charge in [0.1, 0.15) is 0 Å². The van der Waals surface area contributed by atoms with Crippen LogP contribution in [0.25, 0.3) is 22.2 Å². The van der Waals surface area contributed by atoms with Gasteiger partial charge in [0.2, 0.25) is 5.91 Å². The molecule has 0 atom stereocenters. The highest BCUT2D eigenvalue weighted by Crippen LogP contribution is 2.28. The number of hydrogen-bond donors (Lipinski definition) is 2. The molecule has 7 nitrogen and oxygen atoms in total. The van der Waals surface area contributed by atoms with Gasteiger partial charge >= 0.3 is 6.18 Å². The quantitative estimate of drug-likeness (QED) is 0.572. The predicted molar refractivity (Wildman–Crippen MR) is 113 cm³/mol. The van der Waals surface area contributed by atoms with Crippen LogP contribution < -0.4 is 10.6 Å². The Bertz CT molecular complexity index is 1090. The Morgan fingerprint density at radius 2 is 1.94 bits per heavy atom. The summed E-state index contributed by atoms with van der Waals surface area (Å²) < 4.78 is 42.4. The molecule has 0 saturated heterocycles. The van der Waals surface area contributed by atoms with Crippen LogP contribution in [0.2, 0.25) is 0 Å². The summed E-state index contributed by atoms with van der Waals surface area (Å²) in [6, 6.07) is 7.37. The number of halogens is 3. The Morgan fingerprint density at radius 3 is 2.62 bits per heavy atom. The summed E-state index contributed by atoms with van der Waals surface area (Å²) in [5, 5.41) is 14.8. The fourth-order valence-corrected chi connectivity index (χ4v) is 3.96. The number of anilines is 1. The van der Waals surface area contributed by atoms with Crippen molar-refractivity contribution in [3.05, 3.63) is 36.4 Å². The molecule has 0 aliphatic heterocycles. The first-order chi connectivity index (χ1) is 15.3. The summed E-state index contributed by atoms with van der Waals surface area (Å²) >= 11 is 0. The van der Waals surface area contributed by atoms with E-state index in [-0.39, 0.29) is 24.4 Å². The van der Waals surface area contributed by atoms with Gasteiger partial charge in [-0.25, -0.2) is 4.98 Å². The van der Waals surface area contributed by atoms with Crippen LogP contribution in [0.4, 0.5) is 19.0 Å². The first-order valence-corrected chi connectivity index (χ1v) is 10.6. The van der Waals surface area contributed by atoms with E-state index >= 15 is 0 Å². The summed E-state index contributed by atoms with van der Waals surface area (Å²) in [7, 11) is 0. The average molecular weight is 447 g/mol. The molecule has 0 bridgehead atoms. The summed E-state index contributed by atoms with van der Waals surface area (Å²) in [5.41, 5.74) is 1.54. The van der Waals surface area contributed by atoms with Gasteiger partial charge in [0.05, 0.1) is 18.1 Å². The third kappa shape index (κ3) is 5.61. The highest BCUT2D eigenvalue weighted by atomic mass is 19.4. The van der Waals surface area contributed by atoms with E-state index < -0.39 is 12.6 Å². The van der Waals surface area contributed by atoms with Crippen LogP contribution in [-0.2, 0) is 4.79 Å². The number of nitrogens with one attached hydrogen (secondary N) is 2. The second-order valence-electron chi connectivity index (χ2n) is 8.10. The Morgan fingerprint density at radius 1 is 1.16 bits per heavy atom. The molecule has 0 unspecified atom stereocenters. The second kappa shape index (κ2) is 9.23. The lowest BCUT2D eigenvalue weighted by Crippen LogP contribution is -2.37. The molecule has 2 N–H and O–H groups in total. The van der Waals surface area contributed by atoms with Gasteiger partial charge in [0, 0.05) is 36.4 Å². The van der Waals surface area contributed by atoms with E-state index in [1.165, 1.54) is 0 Å². The molecule has 1 saturated carbocycles. The van der Waals surface area contributed by atoms with Crippen LogP contribution in [0.3, 0.4) is 0 Å². The molecule has 1 aliphatic carbocycles. The zero-order valence-corrected chi connectivity index (χ0v) is 17.6. The number of carbonyl (C=O) groups is 1. The standard InChI is InChI=1S/C22H24F3N5O2/c1-13-27-12-19(32-13)15-4-7-18-16(10-15)11-20(30-29-18)28-21(31)14-2-5-17(6-3-14)26-9-8-22(23,24)25/h4,7,10-12,14,17,26H,2-3,5-6,8-9H2,1H3,(H,28,30,31). The number of carbonyl (C=O) groups excluding carboxylic acids is 1. The van der Waals surface area contributed by atoms with E-state index in [9.17, 15) is 18.0 Å². The van der Waals surface area contributed by atoms with E-state index in [1.807, 2.05) is 18.2 Å². The van der Waals surface area contributed by atoms with E-state index in [0.717, 1.165) is 10.9 Å². The minimum absolute atomic E-state index is 0.0139. The molecule has 1 amide bonds. The minimum atomic E-state index is -4.15. The summed E-state index contributed by atoms with van der Waals surface area (Å²) in [4.78, 5) is 16.8. The fourth-order valence-electron chi connectivity index (χ4n) is 3.96. The number of nitrogens with zero attached hydrogens (tertiary/aromatic N) is 3. The van der Waals surface area contributed by atoms with Crippen molar-refractivity contribution in [1.82, 2.24) is 20.5 Å². The van der Waals surface area contributed by atoms with Crippen molar-refractivity contribution in [2.24, 2.45) is 5.92 Å². The van der Waals surface area contributed by atoms with Gasteiger partial charge in [-0.15, -0.1) is 10.2 Å². The topological polar surface area (TPSA) is 92.9 Å². The van der Waals surface area contributed by atoms with Gasteiger partial charge in [-0.05, 0) is 49.9 Å². The second-order valence-corrected chi connectivity index (χ2v) is 8.10. The number of rotatable bonds is 6. The third-order valence-corrected chi connectivity index (χ3v) is 5.68. The minimum Gasteiger partial charge on any atom is -0.441 e. The molecular formula is C22H24F3N5O2. The number of hydrogen-bond acceptors (Lipinski definition) is 6. The molecule has 10 heteroatoms. The monoisotopic (exact) mass is 447 g/mol. The number of benzene rings is 1. The third-order valence-electron chi connectivity index (χ3n) is 5.68. The summed E-state index contributed by atoms with van der Waals surface area (Å²) in [5.74, 6) is 1.24. The van der Waals surface area contributed by atoms with Crippen molar-refractivity contribution in [3.8, 4) is 11.3 Å². The van der Waals surface area contributed by atoms with Gasteiger partial charge in [-0.2, -0.15) is 13.2 Å². The number of aromatic nitrogens is 3. The molecule has 4 rings (SSSR count). The normalized spacial score (nSPS) is 19.2. The van der Waals surface area contributed by atoms with E-state index in [2.05, 4.69) is 25.8 Å². The molecule has 0 spiro atoms. The Labute approximate surface area is 182 Å². The molecule has 1 aromatic carbocycles. The lowest BCUT2D eigenvalue weighted by Gasteiger charge is -2.28. The first-order valence-electron chi connectivity index (χ1n) is 10.6. The van der Waals surface area contributed by atoms with Gasteiger partial charge in [-0.1, -0.05) is 0 Å². The van der Waals surface area contributed by atoms with Gasteiger partial charge < -0.3 is 15.1 Å². The van der Waals surface area contributed by atoms with Crippen molar-refractivity contribution in [2.45, 2.75) is 51.2 Å². The zero-order chi connectivity index (χ0) is 22.7. The van der Waals surface area contributed by atoms with E-state index in [0.29, 0.717) is 48.7 Å². The molecule has 170 valence electrons. The van der Waals surface area contributed by atoms with E-state index in [1.54, 1.807) is 19.2 Å². The number of fused-ring (bicyclic) bond motifs is 1. The maximum Gasteiger partial charge on any atom is 0.390 e. The van der Waals surface area contributed by atoms with Crippen LogP contribution in [0, 0.1) is 12.8 Å². The Kier molecular flexibility index (Phi) is 6.40. The van der Waals surface area contributed by atoms with Crippen LogP contribution in [-0.4, -0.2) is 39.9 Å². The number of amides is 1. The van der Waals surface area contributed by atoms with E-state index in [4.69, 9.17) is 4.42 Å². The summed E-state index contributed by atoms with van der Waals surface area (Å²) in [6.45, 7) is 1.68. The summed E-state index contributed by atoms with van der Waals surface area (Å²) in [6.07, 6.45) is -0.775. The van der Waals surface area contributed by atoms with Gasteiger partial charge in [0.25, 0.3) is 0 Å². The lowest BCUT2D eigenvalue weighted by atomic mass is 9.85. The van der Waals surface area contributed by atoms with Gasteiger partial charge in [-0.3, -0.25) is 4.79 Å². The smallest absolute Gasteiger partial charge is 0.390 e. The zero-order valence-electron chi connectivity index (χ0n) is 17.6. The SMILES string of the molecule is Cc1ncc(-c2ccc3nnc(NC(=O)C4CCC(NCCC(F)(F)F)CC4)cc3c2)o1. The number of alkyl halides is 3. The largest absolute Gasteiger partial charge is 0.441 e. The maximum absolute atomic E-state index is 12.7. The fraction of sp³-hybridized carbons (Fsp3) is 0.455. The molecule has 1 aliphatic rings. The first kappa shape index (κ1) is 22.2. The predicted octanol–water partition coefficient (Wildman–Crippen LogP) is 4.63. The molecule has 2 aromatic heterocycles. The number of aryl methyl sites for hydroxylation is 1. The van der Waals surface area contributed by atoms with Crippen molar-refractivity contribution < 1.29 is 22.4 Å². The molecule has 0 radical (unpaired) electrons. The number of oxazole rings is 1. The highest BCUT2D eigenvalue weighted by Gasteiger charge is 2.29. The molecule has 1 fully saturated rings. The Hall–Kier alpha value is -3.01. The van der Waals surface area contributed by atoms with Crippen LogP contribution >= 0.6 is 0 Å². The van der Waals surface area contributed by atoms with Crippen molar-refractivity contribution >= 4 is 22.6 Å². The van der Waals surface area contributed by atoms with Crippen LogP contribution in [0.1, 0.15) is 38.0 Å². The Balaban J connectivity index is 1.34. The van der Waals surface area contributed by atoms with Crippen molar-refractivity contribution in [2.75, 3.05) is 11.9 Å². The molecule has 2 heterocycles. The highest BCUT2D eigenvalue weighted by molar-refractivity contribution is 5.94.